The van der Waals surface area contributed by atoms with E-state index in [1.807, 2.05) is 6.07 Å². The number of methoxy groups -OCH3 is 1. The first-order chi connectivity index (χ1) is 11.8. The first-order valence-corrected chi connectivity index (χ1v) is 9.30. The highest BCUT2D eigenvalue weighted by Gasteiger charge is 2.28. The zero-order valence-corrected chi connectivity index (χ0v) is 14.8. The third kappa shape index (κ3) is 2.63. The fraction of sp³-hybridized carbons (Fsp3) is 0.368. The van der Waals surface area contributed by atoms with Gasteiger partial charge in [0.1, 0.15) is 22.2 Å². The fourth-order valence-corrected chi connectivity index (χ4v) is 4.27. The number of thiophene rings is 1. The van der Waals surface area contributed by atoms with Gasteiger partial charge in [-0.2, -0.15) is 0 Å². The lowest BCUT2D eigenvalue weighted by atomic mass is 9.97. The van der Waals surface area contributed by atoms with E-state index in [1.165, 1.54) is 10.9 Å². The van der Waals surface area contributed by atoms with Crippen LogP contribution in [0.4, 0.5) is 5.82 Å². The van der Waals surface area contributed by atoms with Crippen LogP contribution in [0.25, 0.3) is 10.2 Å². The summed E-state index contributed by atoms with van der Waals surface area (Å²) in [5.41, 5.74) is 1.30. The van der Waals surface area contributed by atoms with Gasteiger partial charge in [0.2, 0.25) is 0 Å². The van der Waals surface area contributed by atoms with Crippen LogP contribution >= 0.6 is 11.3 Å². The summed E-state index contributed by atoms with van der Waals surface area (Å²) in [6.45, 7) is 4.11. The van der Waals surface area contributed by atoms with Crippen LogP contribution in [-0.2, 0) is 6.42 Å². The van der Waals surface area contributed by atoms with E-state index in [9.17, 15) is 0 Å². The van der Waals surface area contributed by atoms with Crippen LogP contribution in [0.2, 0.25) is 0 Å². The smallest absolute Gasteiger partial charge is 0.141 e. The molecule has 1 aliphatic heterocycles. The molecule has 1 saturated heterocycles. The summed E-state index contributed by atoms with van der Waals surface area (Å²) in [6, 6.07) is 10.5. The molecule has 5 heteroatoms. The van der Waals surface area contributed by atoms with E-state index in [-0.39, 0.29) is 0 Å². The molecule has 0 N–H and O–H groups in total. The number of aryl methyl sites for hydroxylation is 1. The summed E-state index contributed by atoms with van der Waals surface area (Å²) < 4.78 is 5.55. The molecule has 24 heavy (non-hydrogen) atoms. The number of rotatable bonds is 4. The van der Waals surface area contributed by atoms with Gasteiger partial charge in [-0.05, 0) is 29.5 Å². The van der Waals surface area contributed by atoms with E-state index in [2.05, 4.69) is 46.5 Å². The Morgan fingerprint density at radius 3 is 2.96 bits per heavy atom. The Bertz CT molecular complexity index is 861. The molecule has 1 aromatic carbocycles. The van der Waals surface area contributed by atoms with E-state index in [0.717, 1.165) is 48.2 Å². The maximum atomic E-state index is 5.55. The Balaban J connectivity index is 1.67. The molecular weight excluding hydrogens is 318 g/mol. The minimum Gasteiger partial charge on any atom is -0.496 e. The maximum Gasteiger partial charge on any atom is 0.141 e. The topological polar surface area (TPSA) is 38.2 Å². The molecule has 1 unspecified atom stereocenters. The molecule has 3 aromatic rings. The molecule has 0 saturated carbocycles. The lowest BCUT2D eigenvalue weighted by Gasteiger charge is -2.20. The summed E-state index contributed by atoms with van der Waals surface area (Å²) in [7, 11) is 1.75. The zero-order chi connectivity index (χ0) is 16.5. The van der Waals surface area contributed by atoms with Crippen molar-refractivity contribution in [3.63, 3.8) is 0 Å². The van der Waals surface area contributed by atoms with Gasteiger partial charge < -0.3 is 9.64 Å². The van der Waals surface area contributed by atoms with Gasteiger partial charge in [0.05, 0.1) is 12.5 Å². The molecule has 4 rings (SSSR count). The largest absolute Gasteiger partial charge is 0.496 e. The van der Waals surface area contributed by atoms with Crippen molar-refractivity contribution in [1.29, 1.82) is 0 Å². The van der Waals surface area contributed by atoms with Gasteiger partial charge in [-0.25, -0.2) is 9.97 Å². The molecule has 2 aromatic heterocycles. The molecule has 124 valence electrons. The quantitative estimate of drug-likeness (QED) is 0.712. The predicted molar refractivity (Wildman–Crippen MR) is 99.4 cm³/mol. The number of para-hydroxylation sites is 1. The number of nitrogens with zero attached hydrogens (tertiary/aromatic N) is 3. The minimum atomic E-state index is 0.481. The van der Waals surface area contributed by atoms with Crippen LogP contribution in [0, 0.1) is 0 Å². The Kier molecular flexibility index (Phi) is 4.10. The van der Waals surface area contributed by atoms with Crippen molar-refractivity contribution in [3.05, 3.63) is 47.1 Å². The second-order valence-electron chi connectivity index (χ2n) is 6.13. The van der Waals surface area contributed by atoms with Gasteiger partial charge in [0.15, 0.2) is 0 Å². The molecule has 4 nitrogen and oxygen atoms in total. The lowest BCUT2D eigenvalue weighted by molar-refractivity contribution is 0.406. The van der Waals surface area contributed by atoms with Gasteiger partial charge >= 0.3 is 0 Å². The molecule has 0 aliphatic carbocycles. The number of hydrogen-bond donors (Lipinski definition) is 0. The molecule has 0 bridgehead atoms. The Morgan fingerprint density at radius 1 is 1.25 bits per heavy atom. The van der Waals surface area contributed by atoms with Crippen molar-refractivity contribution in [2.45, 2.75) is 25.7 Å². The third-order valence-corrected chi connectivity index (χ3v) is 5.54. The summed E-state index contributed by atoms with van der Waals surface area (Å²) in [6.07, 6.45) is 1.99. The first kappa shape index (κ1) is 15.4. The first-order valence-electron chi connectivity index (χ1n) is 8.42. The fourth-order valence-electron chi connectivity index (χ4n) is 3.49. The van der Waals surface area contributed by atoms with Crippen molar-refractivity contribution in [2.75, 3.05) is 25.1 Å². The molecule has 0 amide bonds. The van der Waals surface area contributed by atoms with Crippen molar-refractivity contribution in [1.82, 2.24) is 9.97 Å². The highest BCUT2D eigenvalue weighted by atomic mass is 32.1. The molecule has 0 radical (unpaired) electrons. The Hall–Kier alpha value is -2.14. The van der Waals surface area contributed by atoms with Crippen LogP contribution in [0.1, 0.15) is 30.7 Å². The maximum absolute atomic E-state index is 5.55. The van der Waals surface area contributed by atoms with Crippen LogP contribution in [0.5, 0.6) is 5.75 Å². The normalized spacial score (nSPS) is 17.6. The number of ether oxygens (including phenoxy) is 1. The van der Waals surface area contributed by atoms with E-state index in [1.54, 1.807) is 18.4 Å². The molecular formula is C19H21N3OS. The van der Waals surface area contributed by atoms with Crippen LogP contribution in [0.3, 0.4) is 0 Å². The minimum absolute atomic E-state index is 0.481. The van der Waals surface area contributed by atoms with E-state index >= 15 is 0 Å². The van der Waals surface area contributed by atoms with Crippen molar-refractivity contribution < 1.29 is 4.74 Å². The summed E-state index contributed by atoms with van der Waals surface area (Å²) in [4.78, 5) is 13.0. The Labute approximate surface area is 146 Å². The standard InChI is InChI=1S/C19H21N3OS/c1-3-17-20-18(15-9-11-24-19(15)21-17)22-10-8-13(12-22)14-6-4-5-7-16(14)23-2/h4-7,9,11,13H,3,8,10,12H2,1-2H3. The highest BCUT2D eigenvalue weighted by molar-refractivity contribution is 7.16. The third-order valence-electron chi connectivity index (χ3n) is 4.73. The molecule has 1 aliphatic rings. The number of hydrogen-bond acceptors (Lipinski definition) is 5. The predicted octanol–water partition coefficient (Wildman–Crippen LogP) is 4.26. The molecule has 0 spiro atoms. The second kappa shape index (κ2) is 6.40. The van der Waals surface area contributed by atoms with E-state index in [4.69, 9.17) is 9.72 Å². The van der Waals surface area contributed by atoms with Crippen LogP contribution in [-0.4, -0.2) is 30.2 Å². The average Bonchev–Trinajstić information content (AvgIpc) is 3.30. The summed E-state index contributed by atoms with van der Waals surface area (Å²) in [5, 5.41) is 3.29. The van der Waals surface area contributed by atoms with Crippen LogP contribution < -0.4 is 9.64 Å². The average molecular weight is 339 g/mol. The molecule has 1 fully saturated rings. The highest BCUT2D eigenvalue weighted by Crippen LogP contribution is 2.37. The lowest BCUT2D eigenvalue weighted by Crippen LogP contribution is -2.21. The van der Waals surface area contributed by atoms with Gasteiger partial charge in [-0.1, -0.05) is 25.1 Å². The Morgan fingerprint density at radius 2 is 2.12 bits per heavy atom. The summed E-state index contributed by atoms with van der Waals surface area (Å²) >= 11 is 1.70. The van der Waals surface area contributed by atoms with Crippen molar-refractivity contribution in [2.24, 2.45) is 0 Å². The van der Waals surface area contributed by atoms with Crippen LogP contribution in [0.15, 0.2) is 35.7 Å². The number of benzene rings is 1. The van der Waals surface area contributed by atoms with Gasteiger partial charge in [0, 0.05) is 25.4 Å². The van der Waals surface area contributed by atoms with E-state index < -0.39 is 0 Å². The summed E-state index contributed by atoms with van der Waals surface area (Å²) in [5.74, 6) is 3.49. The number of fused-ring (bicyclic) bond motifs is 1. The van der Waals surface area contributed by atoms with Gasteiger partial charge in [-0.3, -0.25) is 0 Å². The zero-order valence-electron chi connectivity index (χ0n) is 14.0. The SMILES string of the molecule is CCc1nc(N2CCC(c3ccccc3OC)C2)c2ccsc2n1. The van der Waals surface area contributed by atoms with Crippen molar-refractivity contribution >= 4 is 27.4 Å². The van der Waals surface area contributed by atoms with Gasteiger partial charge in [0.25, 0.3) is 0 Å². The monoisotopic (exact) mass is 339 g/mol. The van der Waals surface area contributed by atoms with Crippen molar-refractivity contribution in [3.8, 4) is 5.75 Å². The number of aromatic nitrogens is 2. The number of anilines is 1. The molecule has 3 heterocycles. The molecule has 1 atom stereocenters. The second-order valence-corrected chi connectivity index (χ2v) is 7.02. The van der Waals surface area contributed by atoms with Gasteiger partial charge in [-0.15, -0.1) is 11.3 Å². The van der Waals surface area contributed by atoms with E-state index in [0.29, 0.717) is 5.92 Å².